The number of anilines is 2. The molecule has 6 heteroatoms. The predicted octanol–water partition coefficient (Wildman–Crippen LogP) is -0.245. The SMILES string of the molecule is Nc1nc(N2CC2)nc2nc[nH]c12. The standard InChI is InChI=1S/C7H8N6/c8-5-4-6(10-3-9-4)12-7(11-5)13-1-2-13/h3H,1-2H2,(H3,8,9,10,11,12). The first kappa shape index (κ1) is 6.64. The van der Waals surface area contributed by atoms with Gasteiger partial charge in [0.15, 0.2) is 11.5 Å². The molecule has 0 spiro atoms. The van der Waals surface area contributed by atoms with Crippen molar-refractivity contribution in [1.82, 2.24) is 19.9 Å². The maximum absolute atomic E-state index is 5.72. The van der Waals surface area contributed by atoms with Crippen molar-refractivity contribution >= 4 is 22.9 Å². The molecule has 2 aromatic heterocycles. The highest BCUT2D eigenvalue weighted by atomic mass is 15.4. The number of imidazole rings is 1. The fraction of sp³-hybridized carbons (Fsp3) is 0.286. The summed E-state index contributed by atoms with van der Waals surface area (Å²) in [6.07, 6.45) is 1.57. The van der Waals surface area contributed by atoms with Gasteiger partial charge < -0.3 is 15.6 Å². The highest BCUT2D eigenvalue weighted by Crippen LogP contribution is 2.21. The molecule has 2 aromatic rings. The van der Waals surface area contributed by atoms with Crippen LogP contribution >= 0.6 is 0 Å². The Balaban J connectivity index is 2.27. The first-order chi connectivity index (χ1) is 6.34. The number of fused-ring (bicyclic) bond motifs is 1. The van der Waals surface area contributed by atoms with Gasteiger partial charge in [0.1, 0.15) is 5.52 Å². The Morgan fingerprint density at radius 3 is 3.00 bits per heavy atom. The molecular weight excluding hydrogens is 168 g/mol. The Morgan fingerprint density at radius 1 is 1.38 bits per heavy atom. The lowest BCUT2D eigenvalue weighted by molar-refractivity contribution is 1.13. The third kappa shape index (κ3) is 0.915. The van der Waals surface area contributed by atoms with Gasteiger partial charge in [0, 0.05) is 13.1 Å². The van der Waals surface area contributed by atoms with E-state index in [1.807, 2.05) is 4.90 Å². The van der Waals surface area contributed by atoms with Crippen LogP contribution < -0.4 is 10.6 Å². The summed E-state index contributed by atoms with van der Waals surface area (Å²) in [5.41, 5.74) is 7.07. The topological polar surface area (TPSA) is 83.5 Å². The van der Waals surface area contributed by atoms with Crippen molar-refractivity contribution in [3.8, 4) is 0 Å². The number of nitrogen functional groups attached to an aromatic ring is 1. The van der Waals surface area contributed by atoms with Gasteiger partial charge in [0.25, 0.3) is 0 Å². The van der Waals surface area contributed by atoms with Crippen molar-refractivity contribution in [2.45, 2.75) is 0 Å². The van der Waals surface area contributed by atoms with E-state index in [4.69, 9.17) is 5.73 Å². The van der Waals surface area contributed by atoms with Crippen LogP contribution in [0.2, 0.25) is 0 Å². The van der Waals surface area contributed by atoms with Crippen molar-refractivity contribution in [1.29, 1.82) is 0 Å². The largest absolute Gasteiger partial charge is 0.382 e. The van der Waals surface area contributed by atoms with E-state index in [1.165, 1.54) is 0 Å². The second-order valence-corrected chi connectivity index (χ2v) is 3.00. The number of H-pyrrole nitrogens is 1. The smallest absolute Gasteiger partial charge is 0.229 e. The van der Waals surface area contributed by atoms with Crippen LogP contribution in [-0.4, -0.2) is 33.0 Å². The maximum atomic E-state index is 5.72. The number of nitrogens with two attached hydrogens (primary N) is 1. The summed E-state index contributed by atoms with van der Waals surface area (Å²) in [5, 5.41) is 0. The highest BCUT2D eigenvalue weighted by molar-refractivity contribution is 5.82. The van der Waals surface area contributed by atoms with Crippen LogP contribution in [0.25, 0.3) is 11.2 Å². The Bertz CT molecular complexity index is 457. The van der Waals surface area contributed by atoms with E-state index in [0.717, 1.165) is 13.1 Å². The first-order valence-electron chi connectivity index (χ1n) is 4.06. The van der Waals surface area contributed by atoms with Crippen molar-refractivity contribution in [2.75, 3.05) is 23.7 Å². The second-order valence-electron chi connectivity index (χ2n) is 3.00. The van der Waals surface area contributed by atoms with E-state index in [-0.39, 0.29) is 0 Å². The van der Waals surface area contributed by atoms with Crippen LogP contribution in [-0.2, 0) is 0 Å². The lowest BCUT2D eigenvalue weighted by Crippen LogP contribution is -2.02. The molecule has 66 valence electrons. The third-order valence-corrected chi connectivity index (χ3v) is 2.03. The average molecular weight is 176 g/mol. The third-order valence-electron chi connectivity index (χ3n) is 2.03. The minimum Gasteiger partial charge on any atom is -0.382 e. The molecule has 0 radical (unpaired) electrons. The molecule has 3 N–H and O–H groups in total. The molecule has 13 heavy (non-hydrogen) atoms. The quantitative estimate of drug-likeness (QED) is 0.585. The minimum atomic E-state index is 0.462. The fourth-order valence-corrected chi connectivity index (χ4v) is 1.24. The Hall–Kier alpha value is -1.85. The average Bonchev–Trinajstić information content (AvgIpc) is 2.85. The van der Waals surface area contributed by atoms with E-state index in [0.29, 0.717) is 22.9 Å². The van der Waals surface area contributed by atoms with Gasteiger partial charge in [-0.05, 0) is 0 Å². The molecule has 3 rings (SSSR count). The molecule has 0 amide bonds. The maximum Gasteiger partial charge on any atom is 0.229 e. The molecule has 1 fully saturated rings. The molecule has 0 aromatic carbocycles. The first-order valence-corrected chi connectivity index (χ1v) is 4.06. The molecule has 0 atom stereocenters. The number of hydrogen-bond acceptors (Lipinski definition) is 5. The fourth-order valence-electron chi connectivity index (χ4n) is 1.24. The lowest BCUT2D eigenvalue weighted by atomic mass is 10.5. The summed E-state index contributed by atoms with van der Waals surface area (Å²) in [6.45, 7) is 2.02. The van der Waals surface area contributed by atoms with Crippen molar-refractivity contribution in [3.63, 3.8) is 0 Å². The summed E-state index contributed by atoms with van der Waals surface area (Å²) in [4.78, 5) is 17.4. The van der Waals surface area contributed by atoms with Gasteiger partial charge in [-0.15, -0.1) is 0 Å². The summed E-state index contributed by atoms with van der Waals surface area (Å²) in [5.74, 6) is 1.14. The normalized spacial score (nSPS) is 15.2. The van der Waals surface area contributed by atoms with Gasteiger partial charge in [0.2, 0.25) is 5.95 Å². The zero-order valence-corrected chi connectivity index (χ0v) is 6.86. The van der Waals surface area contributed by atoms with E-state index in [9.17, 15) is 0 Å². The van der Waals surface area contributed by atoms with Crippen molar-refractivity contribution in [3.05, 3.63) is 6.33 Å². The van der Waals surface area contributed by atoms with E-state index in [1.54, 1.807) is 6.33 Å². The molecule has 6 nitrogen and oxygen atoms in total. The van der Waals surface area contributed by atoms with E-state index < -0.39 is 0 Å². The molecule has 0 unspecified atom stereocenters. The van der Waals surface area contributed by atoms with E-state index >= 15 is 0 Å². The second kappa shape index (κ2) is 2.09. The summed E-state index contributed by atoms with van der Waals surface area (Å²) in [7, 11) is 0. The molecule has 1 saturated heterocycles. The van der Waals surface area contributed by atoms with Crippen molar-refractivity contribution in [2.24, 2.45) is 0 Å². The molecule has 3 heterocycles. The van der Waals surface area contributed by atoms with Gasteiger partial charge in [-0.3, -0.25) is 0 Å². The van der Waals surface area contributed by atoms with Crippen LogP contribution in [0.4, 0.5) is 11.8 Å². The predicted molar refractivity (Wildman–Crippen MR) is 48.3 cm³/mol. The number of nitrogens with zero attached hydrogens (tertiary/aromatic N) is 4. The molecule has 1 aliphatic rings. The monoisotopic (exact) mass is 176 g/mol. The van der Waals surface area contributed by atoms with Crippen LogP contribution in [0, 0.1) is 0 Å². The summed E-state index contributed by atoms with van der Waals surface area (Å²) >= 11 is 0. The van der Waals surface area contributed by atoms with Gasteiger partial charge in [-0.25, -0.2) is 4.98 Å². The molecule has 0 saturated carbocycles. The highest BCUT2D eigenvalue weighted by Gasteiger charge is 2.22. The van der Waals surface area contributed by atoms with Gasteiger partial charge >= 0.3 is 0 Å². The number of rotatable bonds is 1. The zero-order chi connectivity index (χ0) is 8.84. The van der Waals surface area contributed by atoms with E-state index in [2.05, 4.69) is 19.9 Å². The molecule has 0 aliphatic carbocycles. The van der Waals surface area contributed by atoms with Crippen LogP contribution in [0.1, 0.15) is 0 Å². The van der Waals surface area contributed by atoms with Crippen LogP contribution in [0.5, 0.6) is 0 Å². The van der Waals surface area contributed by atoms with Crippen LogP contribution in [0.15, 0.2) is 6.33 Å². The number of hydrogen-bond donors (Lipinski definition) is 2. The Labute approximate surface area is 73.8 Å². The Kier molecular flexibility index (Phi) is 1.07. The number of aromatic nitrogens is 4. The lowest BCUT2D eigenvalue weighted by Gasteiger charge is -2.00. The van der Waals surface area contributed by atoms with Gasteiger partial charge in [0.05, 0.1) is 6.33 Å². The minimum absolute atomic E-state index is 0.462. The number of aromatic amines is 1. The molecule has 0 bridgehead atoms. The molecular formula is C7H8N6. The summed E-state index contributed by atoms with van der Waals surface area (Å²) in [6, 6.07) is 0. The zero-order valence-electron chi connectivity index (χ0n) is 6.86. The Morgan fingerprint density at radius 2 is 2.23 bits per heavy atom. The van der Waals surface area contributed by atoms with Crippen molar-refractivity contribution < 1.29 is 0 Å². The van der Waals surface area contributed by atoms with Crippen LogP contribution in [0.3, 0.4) is 0 Å². The molecule has 1 aliphatic heterocycles. The van der Waals surface area contributed by atoms with Gasteiger partial charge in [-0.2, -0.15) is 9.97 Å². The number of nitrogens with one attached hydrogen (secondary N) is 1. The summed E-state index contributed by atoms with van der Waals surface area (Å²) < 4.78 is 0. The van der Waals surface area contributed by atoms with Gasteiger partial charge in [-0.1, -0.05) is 0 Å².